The molecule has 6 heteroatoms. The second-order valence-electron chi connectivity index (χ2n) is 9.60. The summed E-state index contributed by atoms with van der Waals surface area (Å²) in [5.74, 6) is 0.574. The highest BCUT2D eigenvalue weighted by atomic mass is 19.1. The van der Waals surface area contributed by atoms with Crippen LogP contribution in [0.4, 0.5) is 4.39 Å². The average molecular weight is 481 g/mol. The minimum Gasteiger partial charge on any atom is -0.481 e. The molecule has 0 saturated heterocycles. The van der Waals surface area contributed by atoms with Crippen LogP contribution in [-0.4, -0.2) is 47.4 Å². The quantitative estimate of drug-likeness (QED) is 0.500. The fourth-order valence-electron chi connectivity index (χ4n) is 5.53. The maximum atomic E-state index is 13.8. The van der Waals surface area contributed by atoms with E-state index in [0.29, 0.717) is 31.8 Å². The Hall–Kier alpha value is -2.89. The SMILES string of the molecule is CCC(Oc1ccc2c(c1)C(c1ccc(F)cc1)N(C(=O)C1CCCC1)CC2)C(=O)N(CC)CC. The first kappa shape index (κ1) is 25.2. The number of likely N-dealkylation sites (N-methyl/N-ethyl adjacent to an activating group) is 1. The summed E-state index contributed by atoms with van der Waals surface area (Å²) in [4.78, 5) is 30.3. The third-order valence-corrected chi connectivity index (χ3v) is 7.52. The van der Waals surface area contributed by atoms with Gasteiger partial charge in [-0.15, -0.1) is 0 Å². The van der Waals surface area contributed by atoms with Crippen molar-refractivity contribution in [1.82, 2.24) is 9.80 Å². The molecule has 2 aromatic rings. The molecule has 1 aliphatic carbocycles. The van der Waals surface area contributed by atoms with Gasteiger partial charge in [0.2, 0.25) is 5.91 Å². The van der Waals surface area contributed by atoms with Crippen LogP contribution in [0.15, 0.2) is 42.5 Å². The summed E-state index contributed by atoms with van der Waals surface area (Å²) in [5.41, 5.74) is 3.05. The molecule has 2 atom stereocenters. The number of carbonyl (C=O) groups is 2. The molecule has 1 aliphatic heterocycles. The van der Waals surface area contributed by atoms with Crippen LogP contribution in [0.1, 0.15) is 75.6 Å². The minimum absolute atomic E-state index is 0.0108. The highest BCUT2D eigenvalue weighted by Gasteiger charge is 2.36. The van der Waals surface area contributed by atoms with Crippen LogP contribution < -0.4 is 4.74 Å². The molecule has 188 valence electrons. The first-order chi connectivity index (χ1) is 17.0. The van der Waals surface area contributed by atoms with Gasteiger partial charge in [-0.1, -0.05) is 38.0 Å². The monoisotopic (exact) mass is 480 g/mol. The molecule has 2 amide bonds. The molecule has 5 nitrogen and oxygen atoms in total. The van der Waals surface area contributed by atoms with Crippen molar-refractivity contribution < 1.29 is 18.7 Å². The zero-order valence-electron chi connectivity index (χ0n) is 21.1. The van der Waals surface area contributed by atoms with Gasteiger partial charge in [0.05, 0.1) is 6.04 Å². The lowest BCUT2D eigenvalue weighted by Gasteiger charge is -2.39. The lowest BCUT2D eigenvalue weighted by atomic mass is 9.87. The molecule has 0 aromatic heterocycles. The van der Waals surface area contributed by atoms with Gasteiger partial charge in [-0.3, -0.25) is 9.59 Å². The van der Waals surface area contributed by atoms with Gasteiger partial charge in [-0.05, 0) is 80.5 Å². The molecule has 4 rings (SSSR count). The van der Waals surface area contributed by atoms with Gasteiger partial charge >= 0.3 is 0 Å². The van der Waals surface area contributed by atoms with E-state index in [1.165, 1.54) is 12.1 Å². The first-order valence-electron chi connectivity index (χ1n) is 13.1. The lowest BCUT2D eigenvalue weighted by molar-refractivity contribution is -0.138. The van der Waals surface area contributed by atoms with Crippen LogP contribution in [0.3, 0.4) is 0 Å². The van der Waals surface area contributed by atoms with Crippen LogP contribution in [0.5, 0.6) is 5.75 Å². The Morgan fingerprint density at radius 3 is 2.37 bits per heavy atom. The molecule has 0 N–H and O–H groups in total. The summed E-state index contributed by atoms with van der Waals surface area (Å²) in [6.07, 6.45) is 4.84. The predicted octanol–water partition coefficient (Wildman–Crippen LogP) is 5.52. The molecule has 2 aliphatic rings. The number of nitrogens with zero attached hydrogens (tertiary/aromatic N) is 2. The van der Waals surface area contributed by atoms with E-state index < -0.39 is 6.10 Å². The molecule has 2 aromatic carbocycles. The number of carbonyl (C=O) groups excluding carboxylic acids is 2. The van der Waals surface area contributed by atoms with Gasteiger partial charge in [0.15, 0.2) is 6.10 Å². The van der Waals surface area contributed by atoms with Gasteiger partial charge in [0.25, 0.3) is 5.91 Å². The fourth-order valence-corrected chi connectivity index (χ4v) is 5.53. The third-order valence-electron chi connectivity index (χ3n) is 7.52. The van der Waals surface area contributed by atoms with Crippen LogP contribution in [-0.2, 0) is 16.0 Å². The fraction of sp³-hybridized carbons (Fsp3) is 0.517. The van der Waals surface area contributed by atoms with Crippen LogP contribution in [0.25, 0.3) is 0 Å². The van der Waals surface area contributed by atoms with Gasteiger partial charge in [0, 0.05) is 25.6 Å². The summed E-state index contributed by atoms with van der Waals surface area (Å²) >= 11 is 0. The maximum absolute atomic E-state index is 13.8. The Bertz CT molecular complexity index is 1030. The zero-order chi connectivity index (χ0) is 24.9. The molecule has 0 bridgehead atoms. The maximum Gasteiger partial charge on any atom is 0.263 e. The average Bonchev–Trinajstić information content (AvgIpc) is 3.42. The van der Waals surface area contributed by atoms with Crippen molar-refractivity contribution in [3.63, 3.8) is 0 Å². The van der Waals surface area contributed by atoms with Crippen LogP contribution >= 0.6 is 0 Å². The van der Waals surface area contributed by atoms with Crippen LogP contribution in [0.2, 0.25) is 0 Å². The summed E-state index contributed by atoms with van der Waals surface area (Å²) in [5, 5.41) is 0. The summed E-state index contributed by atoms with van der Waals surface area (Å²) in [7, 11) is 0. The number of benzene rings is 2. The molecule has 35 heavy (non-hydrogen) atoms. The summed E-state index contributed by atoms with van der Waals surface area (Å²) in [6.45, 7) is 7.82. The molecule has 1 saturated carbocycles. The highest BCUT2D eigenvalue weighted by molar-refractivity contribution is 5.81. The van der Waals surface area contributed by atoms with E-state index in [1.54, 1.807) is 17.0 Å². The molecular formula is C29H37FN2O3. The number of rotatable bonds is 8. The third kappa shape index (κ3) is 5.36. The van der Waals surface area contributed by atoms with Crippen LogP contribution in [0, 0.1) is 11.7 Å². The summed E-state index contributed by atoms with van der Waals surface area (Å²) in [6, 6.07) is 12.1. The molecule has 1 fully saturated rings. The van der Waals surface area contributed by atoms with E-state index in [1.807, 2.05) is 43.9 Å². The van der Waals surface area contributed by atoms with E-state index in [2.05, 4.69) is 0 Å². The van der Waals surface area contributed by atoms with Crippen molar-refractivity contribution in [2.45, 2.75) is 71.4 Å². The number of amides is 2. The van der Waals surface area contributed by atoms with E-state index in [0.717, 1.165) is 48.8 Å². The van der Waals surface area contributed by atoms with Gasteiger partial charge < -0.3 is 14.5 Å². The number of hydrogen-bond acceptors (Lipinski definition) is 3. The van der Waals surface area contributed by atoms with Gasteiger partial charge in [0.1, 0.15) is 11.6 Å². The lowest BCUT2D eigenvalue weighted by Crippen LogP contribution is -2.43. The van der Waals surface area contributed by atoms with Crippen molar-refractivity contribution >= 4 is 11.8 Å². The predicted molar refractivity (Wildman–Crippen MR) is 135 cm³/mol. The standard InChI is InChI=1S/C29H37FN2O3/c1-4-26(29(34)31(5-2)6-3)35-24-16-13-20-17-18-32(28(33)22-9-7-8-10-22)27(25(20)19-24)21-11-14-23(30)15-12-21/h11-16,19,22,26-27H,4-10,17-18H2,1-3H3. The Kier molecular flexibility index (Phi) is 8.09. The van der Waals surface area contributed by atoms with Gasteiger partial charge in [-0.2, -0.15) is 0 Å². The normalized spacial score (nSPS) is 18.7. The van der Waals surface area contributed by atoms with Crippen molar-refractivity contribution in [3.05, 3.63) is 65.0 Å². The second-order valence-corrected chi connectivity index (χ2v) is 9.60. The highest BCUT2D eigenvalue weighted by Crippen LogP contribution is 2.40. The van der Waals surface area contributed by atoms with Crippen molar-refractivity contribution in [2.75, 3.05) is 19.6 Å². The first-order valence-corrected chi connectivity index (χ1v) is 13.1. The Balaban J connectivity index is 1.68. The molecule has 0 radical (unpaired) electrons. The number of ether oxygens (including phenoxy) is 1. The molecule has 2 unspecified atom stereocenters. The van der Waals surface area contributed by atoms with Crippen molar-refractivity contribution in [2.24, 2.45) is 5.92 Å². The largest absolute Gasteiger partial charge is 0.481 e. The van der Waals surface area contributed by atoms with E-state index in [9.17, 15) is 14.0 Å². The number of hydrogen-bond donors (Lipinski definition) is 0. The molecule has 0 spiro atoms. The van der Waals surface area contributed by atoms with Gasteiger partial charge in [-0.25, -0.2) is 4.39 Å². The second kappa shape index (κ2) is 11.2. The number of fused-ring (bicyclic) bond motifs is 1. The molecular weight excluding hydrogens is 443 g/mol. The minimum atomic E-state index is -0.558. The Labute approximate surface area is 208 Å². The topological polar surface area (TPSA) is 49.9 Å². The Morgan fingerprint density at radius 2 is 1.74 bits per heavy atom. The van der Waals surface area contributed by atoms with E-state index in [4.69, 9.17) is 4.74 Å². The zero-order valence-corrected chi connectivity index (χ0v) is 21.1. The molecule has 1 heterocycles. The van der Waals surface area contributed by atoms with Crippen molar-refractivity contribution in [3.8, 4) is 5.75 Å². The smallest absolute Gasteiger partial charge is 0.263 e. The van der Waals surface area contributed by atoms with E-state index >= 15 is 0 Å². The number of halogens is 1. The Morgan fingerprint density at radius 1 is 1.06 bits per heavy atom. The van der Waals surface area contributed by atoms with Crippen molar-refractivity contribution in [1.29, 1.82) is 0 Å². The van der Waals surface area contributed by atoms with E-state index in [-0.39, 0.29) is 29.6 Å². The summed E-state index contributed by atoms with van der Waals surface area (Å²) < 4.78 is 20.0.